The highest BCUT2D eigenvalue weighted by atomic mass is 32.2. The fraction of sp³-hybridized carbons (Fsp3) is 0.368. The number of benzene rings is 1. The van der Waals surface area contributed by atoms with Crippen LogP contribution in [0.15, 0.2) is 41.8 Å². The first-order valence-electron chi connectivity index (χ1n) is 9.07. The smallest absolute Gasteiger partial charge is 0.225 e. The van der Waals surface area contributed by atoms with Gasteiger partial charge >= 0.3 is 0 Å². The van der Waals surface area contributed by atoms with Crippen LogP contribution in [0.1, 0.15) is 36.7 Å². The summed E-state index contributed by atoms with van der Waals surface area (Å²) in [5, 5.41) is 16.6. The van der Waals surface area contributed by atoms with Crippen molar-refractivity contribution in [2.24, 2.45) is 0 Å². The van der Waals surface area contributed by atoms with E-state index in [0.29, 0.717) is 18.2 Å². The van der Waals surface area contributed by atoms with Crippen LogP contribution >= 0.6 is 11.8 Å². The van der Waals surface area contributed by atoms with Gasteiger partial charge in [0.15, 0.2) is 5.16 Å². The minimum absolute atomic E-state index is 0.0150. The number of nitrogens with one attached hydrogen (secondary N) is 1. The zero-order valence-corrected chi connectivity index (χ0v) is 16.2. The Morgan fingerprint density at radius 1 is 1.26 bits per heavy atom. The molecule has 27 heavy (non-hydrogen) atoms. The largest absolute Gasteiger partial charge is 0.323 e. The molecule has 0 saturated heterocycles. The van der Waals surface area contributed by atoms with E-state index in [4.69, 9.17) is 0 Å². The number of hydrogen-bond donors (Lipinski definition) is 1. The predicted molar refractivity (Wildman–Crippen MR) is 105 cm³/mol. The standard InChI is InChI=1S/C19H22N6OS/c1-13-18(14(2)25(23-13)16-6-4-3-5-7-16)21-17(26)10-11-27-19-22-20-12-24(19)15-8-9-15/h3-7,12,15H,8-11H2,1-2H3,(H,21,26). The second kappa shape index (κ2) is 7.56. The highest BCUT2D eigenvalue weighted by Crippen LogP contribution is 2.37. The first-order valence-corrected chi connectivity index (χ1v) is 10.1. The van der Waals surface area contributed by atoms with Gasteiger partial charge in [0, 0.05) is 18.2 Å². The number of amides is 1. The minimum Gasteiger partial charge on any atom is -0.323 e. The quantitative estimate of drug-likeness (QED) is 0.633. The maximum atomic E-state index is 12.4. The number of aromatic nitrogens is 5. The molecule has 1 aromatic carbocycles. The van der Waals surface area contributed by atoms with E-state index in [1.54, 1.807) is 18.1 Å². The molecule has 1 amide bonds. The molecule has 2 aromatic heterocycles. The lowest BCUT2D eigenvalue weighted by molar-refractivity contribution is -0.115. The van der Waals surface area contributed by atoms with Crippen LogP contribution in [0.25, 0.3) is 5.69 Å². The SMILES string of the molecule is Cc1nn(-c2ccccc2)c(C)c1NC(=O)CCSc1nncn1C1CC1. The fourth-order valence-electron chi connectivity index (χ4n) is 3.02. The van der Waals surface area contributed by atoms with Crippen LogP contribution in [-0.4, -0.2) is 36.2 Å². The minimum atomic E-state index is -0.0150. The van der Waals surface area contributed by atoms with E-state index in [0.717, 1.165) is 27.9 Å². The van der Waals surface area contributed by atoms with Crippen molar-refractivity contribution in [1.29, 1.82) is 0 Å². The summed E-state index contributed by atoms with van der Waals surface area (Å²) in [7, 11) is 0. The van der Waals surface area contributed by atoms with Gasteiger partial charge < -0.3 is 9.88 Å². The van der Waals surface area contributed by atoms with Crippen LogP contribution in [0.5, 0.6) is 0 Å². The summed E-state index contributed by atoms with van der Waals surface area (Å²) in [5.74, 6) is 0.654. The average molecular weight is 382 g/mol. The number of nitrogens with zero attached hydrogens (tertiary/aromatic N) is 5. The van der Waals surface area contributed by atoms with Crippen LogP contribution in [-0.2, 0) is 4.79 Å². The van der Waals surface area contributed by atoms with Crippen molar-refractivity contribution in [2.75, 3.05) is 11.1 Å². The van der Waals surface area contributed by atoms with Gasteiger partial charge in [-0.1, -0.05) is 30.0 Å². The Morgan fingerprint density at radius 2 is 2.04 bits per heavy atom. The topological polar surface area (TPSA) is 77.6 Å². The Morgan fingerprint density at radius 3 is 2.78 bits per heavy atom. The van der Waals surface area contributed by atoms with Crippen LogP contribution < -0.4 is 5.32 Å². The third-order valence-electron chi connectivity index (χ3n) is 4.60. The number of carbonyl (C=O) groups excluding carboxylic acids is 1. The van der Waals surface area contributed by atoms with E-state index in [1.807, 2.05) is 48.9 Å². The predicted octanol–water partition coefficient (Wildman–Crippen LogP) is 3.54. The van der Waals surface area contributed by atoms with Crippen molar-refractivity contribution in [1.82, 2.24) is 24.5 Å². The molecule has 1 fully saturated rings. The molecule has 0 spiro atoms. The van der Waals surface area contributed by atoms with E-state index < -0.39 is 0 Å². The Balaban J connectivity index is 1.37. The van der Waals surface area contributed by atoms with Gasteiger partial charge in [0.05, 0.1) is 22.8 Å². The summed E-state index contributed by atoms with van der Waals surface area (Å²) in [6.07, 6.45) is 4.58. The van der Waals surface area contributed by atoms with Gasteiger partial charge in [0.1, 0.15) is 6.33 Å². The lowest BCUT2D eigenvalue weighted by Crippen LogP contribution is -2.13. The molecule has 0 unspecified atom stereocenters. The van der Waals surface area contributed by atoms with Crippen LogP contribution in [0.4, 0.5) is 5.69 Å². The third kappa shape index (κ3) is 3.90. The average Bonchev–Trinajstić information content (AvgIpc) is 3.35. The molecule has 0 aliphatic heterocycles. The van der Waals surface area contributed by atoms with Crippen molar-refractivity contribution < 1.29 is 4.79 Å². The van der Waals surface area contributed by atoms with Gasteiger partial charge in [0.2, 0.25) is 5.91 Å². The van der Waals surface area contributed by atoms with Crippen molar-refractivity contribution in [3.63, 3.8) is 0 Å². The van der Waals surface area contributed by atoms with E-state index in [-0.39, 0.29) is 5.91 Å². The van der Waals surface area contributed by atoms with Crippen molar-refractivity contribution in [2.45, 2.75) is 44.3 Å². The second-order valence-corrected chi connectivity index (χ2v) is 7.75. The van der Waals surface area contributed by atoms with Crippen molar-refractivity contribution >= 4 is 23.4 Å². The Bertz CT molecular complexity index is 945. The normalized spacial score (nSPS) is 13.7. The first-order chi connectivity index (χ1) is 13.1. The number of para-hydroxylation sites is 1. The summed E-state index contributed by atoms with van der Waals surface area (Å²) >= 11 is 1.58. The summed E-state index contributed by atoms with van der Waals surface area (Å²) in [6, 6.07) is 10.5. The molecule has 1 N–H and O–H groups in total. The number of aryl methyl sites for hydroxylation is 1. The number of carbonyl (C=O) groups is 1. The molecule has 7 nitrogen and oxygen atoms in total. The zero-order valence-electron chi connectivity index (χ0n) is 15.4. The Labute approximate surface area is 162 Å². The molecule has 0 atom stereocenters. The number of anilines is 1. The van der Waals surface area contributed by atoms with E-state index >= 15 is 0 Å². The molecule has 1 aliphatic rings. The monoisotopic (exact) mass is 382 g/mol. The summed E-state index contributed by atoms with van der Waals surface area (Å²) in [4.78, 5) is 12.4. The number of thioether (sulfide) groups is 1. The molecular weight excluding hydrogens is 360 g/mol. The van der Waals surface area contributed by atoms with Gasteiger partial charge in [-0.05, 0) is 38.8 Å². The maximum absolute atomic E-state index is 12.4. The molecule has 1 aliphatic carbocycles. The van der Waals surface area contributed by atoms with Crippen LogP contribution in [0.2, 0.25) is 0 Å². The van der Waals surface area contributed by atoms with Crippen LogP contribution in [0.3, 0.4) is 0 Å². The highest BCUT2D eigenvalue weighted by molar-refractivity contribution is 7.99. The third-order valence-corrected chi connectivity index (χ3v) is 5.56. The highest BCUT2D eigenvalue weighted by Gasteiger charge is 2.26. The lowest BCUT2D eigenvalue weighted by atomic mass is 10.3. The number of hydrogen-bond acceptors (Lipinski definition) is 5. The summed E-state index contributed by atoms with van der Waals surface area (Å²) < 4.78 is 3.97. The molecule has 140 valence electrons. The zero-order chi connectivity index (χ0) is 18.8. The molecule has 0 radical (unpaired) electrons. The van der Waals surface area contributed by atoms with Gasteiger partial charge in [-0.2, -0.15) is 5.10 Å². The second-order valence-electron chi connectivity index (χ2n) is 6.69. The molecule has 3 aromatic rings. The summed E-state index contributed by atoms with van der Waals surface area (Å²) in [5.41, 5.74) is 3.50. The molecule has 0 bridgehead atoms. The summed E-state index contributed by atoms with van der Waals surface area (Å²) in [6.45, 7) is 3.88. The lowest BCUT2D eigenvalue weighted by Gasteiger charge is -2.07. The van der Waals surface area contributed by atoms with E-state index in [1.165, 1.54) is 12.8 Å². The number of rotatable bonds is 7. The Kier molecular flexibility index (Phi) is 4.98. The van der Waals surface area contributed by atoms with Crippen molar-refractivity contribution in [3.05, 3.63) is 48.0 Å². The van der Waals surface area contributed by atoms with Gasteiger partial charge in [0.25, 0.3) is 0 Å². The van der Waals surface area contributed by atoms with Crippen LogP contribution in [0, 0.1) is 13.8 Å². The molecule has 8 heteroatoms. The molecule has 4 rings (SSSR count). The first kappa shape index (κ1) is 17.8. The van der Waals surface area contributed by atoms with Gasteiger partial charge in [-0.25, -0.2) is 4.68 Å². The maximum Gasteiger partial charge on any atom is 0.225 e. The van der Waals surface area contributed by atoms with E-state index in [9.17, 15) is 4.79 Å². The Hall–Kier alpha value is -2.61. The molecular formula is C19H22N6OS. The van der Waals surface area contributed by atoms with Gasteiger partial charge in [-0.15, -0.1) is 10.2 Å². The molecule has 2 heterocycles. The van der Waals surface area contributed by atoms with Gasteiger partial charge in [-0.3, -0.25) is 4.79 Å². The fourth-order valence-corrected chi connectivity index (χ4v) is 3.94. The van der Waals surface area contributed by atoms with E-state index in [2.05, 4.69) is 25.2 Å². The molecule has 1 saturated carbocycles. The van der Waals surface area contributed by atoms with Crippen molar-refractivity contribution in [3.8, 4) is 5.69 Å².